The van der Waals surface area contributed by atoms with Gasteiger partial charge in [0.15, 0.2) is 0 Å². The number of carbonyl (C=O) groups excluding carboxylic acids is 1. The Balaban J connectivity index is 1.80. The summed E-state index contributed by atoms with van der Waals surface area (Å²) < 4.78 is 10.8. The van der Waals surface area contributed by atoms with Gasteiger partial charge in [0.25, 0.3) is 0 Å². The Morgan fingerprint density at radius 1 is 1.22 bits per heavy atom. The van der Waals surface area contributed by atoms with Crippen LogP contribution in [-0.2, 0) is 15.0 Å². The predicted molar refractivity (Wildman–Crippen MR) is 110 cm³/mol. The normalized spacial score (nSPS) is 19.8. The Morgan fingerprint density at radius 3 is 2.44 bits per heavy atom. The summed E-state index contributed by atoms with van der Waals surface area (Å²) in [5.74, 6) is 1.03. The minimum atomic E-state index is -0.512. The van der Waals surface area contributed by atoms with E-state index in [-0.39, 0.29) is 6.09 Å². The standard InChI is InChI=1S/C23H33NO3/c1-6-26-15-18-10-12-19(13-11-18)16-27-22(25)24-23(4,5)21-9-7-8-20(14-21)17(2)3/h6-9,14,18-19H,1-2,10-13,15-16H2,3-5H3,(H,24,25). The molecule has 148 valence electrons. The van der Waals surface area contributed by atoms with Gasteiger partial charge in [-0.15, -0.1) is 0 Å². The van der Waals surface area contributed by atoms with Crippen LogP contribution in [0, 0.1) is 11.8 Å². The van der Waals surface area contributed by atoms with Gasteiger partial charge < -0.3 is 14.8 Å². The molecule has 1 amide bonds. The van der Waals surface area contributed by atoms with E-state index in [0.29, 0.717) is 18.4 Å². The number of nitrogens with one attached hydrogen (secondary N) is 1. The third-order valence-electron chi connectivity index (χ3n) is 5.36. The zero-order chi connectivity index (χ0) is 19.9. The molecule has 1 aliphatic rings. The number of allylic oxidation sites excluding steroid dienone is 1. The topological polar surface area (TPSA) is 47.6 Å². The monoisotopic (exact) mass is 371 g/mol. The van der Waals surface area contributed by atoms with Crippen LogP contribution < -0.4 is 5.32 Å². The van der Waals surface area contributed by atoms with Crippen molar-refractivity contribution in [3.63, 3.8) is 0 Å². The fourth-order valence-electron chi connectivity index (χ4n) is 3.50. The van der Waals surface area contributed by atoms with Crippen molar-refractivity contribution in [2.24, 2.45) is 11.8 Å². The van der Waals surface area contributed by atoms with Crippen molar-refractivity contribution in [1.82, 2.24) is 5.32 Å². The first kappa shape index (κ1) is 21.1. The fourth-order valence-corrected chi connectivity index (χ4v) is 3.50. The number of hydrogen-bond acceptors (Lipinski definition) is 3. The highest BCUT2D eigenvalue weighted by atomic mass is 16.5. The minimum absolute atomic E-state index is 0.363. The van der Waals surface area contributed by atoms with Gasteiger partial charge in [0.2, 0.25) is 0 Å². The second kappa shape index (κ2) is 9.63. The summed E-state index contributed by atoms with van der Waals surface area (Å²) in [4.78, 5) is 12.3. The maximum Gasteiger partial charge on any atom is 0.407 e. The molecule has 1 N–H and O–H groups in total. The van der Waals surface area contributed by atoms with Gasteiger partial charge in [-0.3, -0.25) is 0 Å². The third-order valence-corrected chi connectivity index (χ3v) is 5.36. The SMILES string of the molecule is C=COCC1CCC(COC(=O)NC(C)(C)c2cccc(C(=C)C)c2)CC1. The minimum Gasteiger partial charge on any atom is -0.502 e. The van der Waals surface area contributed by atoms with Gasteiger partial charge in [-0.2, -0.15) is 0 Å². The molecule has 0 atom stereocenters. The Hall–Kier alpha value is -2.23. The summed E-state index contributed by atoms with van der Waals surface area (Å²) in [5, 5.41) is 2.99. The molecular weight excluding hydrogens is 338 g/mol. The van der Waals surface area contributed by atoms with Gasteiger partial charge in [-0.1, -0.05) is 36.9 Å². The number of carbonyl (C=O) groups is 1. The second-order valence-electron chi connectivity index (χ2n) is 8.10. The average molecular weight is 372 g/mol. The number of amides is 1. The van der Waals surface area contributed by atoms with Crippen molar-refractivity contribution in [3.05, 3.63) is 54.8 Å². The van der Waals surface area contributed by atoms with E-state index < -0.39 is 5.54 Å². The molecule has 0 aromatic heterocycles. The molecule has 1 aromatic carbocycles. The van der Waals surface area contributed by atoms with Gasteiger partial charge in [-0.25, -0.2) is 4.79 Å². The molecule has 1 saturated carbocycles. The van der Waals surface area contributed by atoms with Crippen LogP contribution in [0.3, 0.4) is 0 Å². The maximum atomic E-state index is 12.3. The van der Waals surface area contributed by atoms with Crippen LogP contribution >= 0.6 is 0 Å². The molecule has 0 aliphatic heterocycles. The molecule has 1 fully saturated rings. The van der Waals surface area contributed by atoms with Gasteiger partial charge in [0, 0.05) is 0 Å². The number of alkyl carbamates (subject to hydrolysis) is 1. The first-order valence-corrected chi connectivity index (χ1v) is 9.75. The molecule has 1 aliphatic carbocycles. The van der Waals surface area contributed by atoms with Gasteiger partial charge >= 0.3 is 6.09 Å². The summed E-state index contributed by atoms with van der Waals surface area (Å²) in [5.41, 5.74) is 2.60. The van der Waals surface area contributed by atoms with E-state index in [0.717, 1.165) is 49.0 Å². The lowest BCUT2D eigenvalue weighted by Gasteiger charge is -2.29. The van der Waals surface area contributed by atoms with Gasteiger partial charge in [0.1, 0.15) is 0 Å². The van der Waals surface area contributed by atoms with Crippen molar-refractivity contribution in [3.8, 4) is 0 Å². The van der Waals surface area contributed by atoms with Crippen molar-refractivity contribution < 1.29 is 14.3 Å². The first-order chi connectivity index (χ1) is 12.8. The first-order valence-electron chi connectivity index (χ1n) is 9.75. The lowest BCUT2D eigenvalue weighted by atomic mass is 9.83. The summed E-state index contributed by atoms with van der Waals surface area (Å²) in [6, 6.07) is 8.09. The quantitative estimate of drug-likeness (QED) is 0.601. The highest BCUT2D eigenvalue weighted by Gasteiger charge is 2.26. The molecule has 4 nitrogen and oxygen atoms in total. The van der Waals surface area contributed by atoms with Crippen LogP contribution in [0.5, 0.6) is 0 Å². The van der Waals surface area contributed by atoms with E-state index in [9.17, 15) is 4.79 Å². The van der Waals surface area contributed by atoms with Crippen molar-refractivity contribution >= 4 is 11.7 Å². The van der Waals surface area contributed by atoms with Gasteiger partial charge in [0.05, 0.1) is 25.0 Å². The van der Waals surface area contributed by atoms with Crippen LogP contribution in [0.15, 0.2) is 43.7 Å². The number of benzene rings is 1. The number of rotatable bonds is 8. The van der Waals surface area contributed by atoms with Gasteiger partial charge in [-0.05, 0) is 75.5 Å². The predicted octanol–water partition coefficient (Wildman–Crippen LogP) is 5.65. The molecule has 2 rings (SSSR count). The molecular formula is C23H33NO3. The smallest absolute Gasteiger partial charge is 0.407 e. The molecule has 0 heterocycles. The summed E-state index contributed by atoms with van der Waals surface area (Å²) in [6.45, 7) is 14.7. The van der Waals surface area contributed by atoms with E-state index in [2.05, 4.69) is 24.5 Å². The molecule has 0 saturated heterocycles. The molecule has 0 unspecified atom stereocenters. The molecule has 0 radical (unpaired) electrons. The largest absolute Gasteiger partial charge is 0.502 e. The lowest BCUT2D eigenvalue weighted by molar-refractivity contribution is 0.0901. The van der Waals surface area contributed by atoms with E-state index in [1.807, 2.05) is 39.0 Å². The fraction of sp³-hybridized carbons (Fsp3) is 0.522. The highest BCUT2D eigenvalue weighted by Crippen LogP contribution is 2.29. The van der Waals surface area contributed by atoms with Crippen LogP contribution in [0.25, 0.3) is 5.57 Å². The van der Waals surface area contributed by atoms with Crippen LogP contribution in [0.4, 0.5) is 4.79 Å². The van der Waals surface area contributed by atoms with E-state index in [4.69, 9.17) is 9.47 Å². The molecule has 4 heteroatoms. The average Bonchev–Trinajstić information content (AvgIpc) is 2.65. The van der Waals surface area contributed by atoms with Crippen molar-refractivity contribution in [2.75, 3.05) is 13.2 Å². The zero-order valence-corrected chi connectivity index (χ0v) is 16.9. The van der Waals surface area contributed by atoms with E-state index in [1.165, 1.54) is 6.26 Å². The Kier molecular flexibility index (Phi) is 7.52. The molecule has 1 aromatic rings. The van der Waals surface area contributed by atoms with E-state index >= 15 is 0 Å². The van der Waals surface area contributed by atoms with Crippen LogP contribution in [0.1, 0.15) is 57.6 Å². The lowest BCUT2D eigenvalue weighted by Crippen LogP contribution is -2.42. The second-order valence-corrected chi connectivity index (χ2v) is 8.10. The van der Waals surface area contributed by atoms with Crippen molar-refractivity contribution in [2.45, 2.75) is 52.0 Å². The third kappa shape index (κ3) is 6.46. The highest BCUT2D eigenvalue weighted by molar-refractivity contribution is 5.69. The Labute approximate surface area is 163 Å². The molecule has 0 spiro atoms. The zero-order valence-electron chi connectivity index (χ0n) is 16.9. The number of hydrogen-bond donors (Lipinski definition) is 1. The summed E-state index contributed by atoms with van der Waals surface area (Å²) in [6.07, 6.45) is 5.52. The Bertz CT molecular complexity index is 657. The summed E-state index contributed by atoms with van der Waals surface area (Å²) >= 11 is 0. The van der Waals surface area contributed by atoms with Crippen LogP contribution in [-0.4, -0.2) is 19.3 Å². The summed E-state index contributed by atoms with van der Waals surface area (Å²) in [7, 11) is 0. The Morgan fingerprint density at radius 2 is 1.85 bits per heavy atom. The van der Waals surface area contributed by atoms with Crippen molar-refractivity contribution in [1.29, 1.82) is 0 Å². The maximum absolute atomic E-state index is 12.3. The molecule has 27 heavy (non-hydrogen) atoms. The number of ether oxygens (including phenoxy) is 2. The van der Waals surface area contributed by atoms with Crippen LogP contribution in [0.2, 0.25) is 0 Å². The molecule has 0 bridgehead atoms. The van der Waals surface area contributed by atoms with E-state index in [1.54, 1.807) is 0 Å².